The Kier molecular flexibility index (Phi) is 5.31. The Labute approximate surface area is 233 Å². The van der Waals surface area contributed by atoms with Gasteiger partial charge in [0, 0.05) is 23.5 Å². The number of fused-ring (bicyclic) bond motifs is 5. The van der Waals surface area contributed by atoms with Crippen LogP contribution in [-0.2, 0) is 0 Å². The zero-order chi connectivity index (χ0) is 26.5. The van der Waals surface area contributed by atoms with E-state index in [1.165, 1.54) is 70.9 Å². The number of benzene rings is 6. The fourth-order valence-electron chi connectivity index (χ4n) is 6.48. The average molecular weight is 511 g/mol. The van der Waals surface area contributed by atoms with Crippen LogP contribution in [0.25, 0.3) is 70.9 Å². The van der Waals surface area contributed by atoms with E-state index in [0.717, 1.165) is 18.4 Å². The third-order valence-corrected chi connectivity index (χ3v) is 8.24. The summed E-state index contributed by atoms with van der Waals surface area (Å²) in [5, 5.41) is 9.99. The number of rotatable bonds is 3. The molecule has 1 aliphatic rings. The van der Waals surface area contributed by atoms with Gasteiger partial charge in [-0.1, -0.05) is 103 Å². The van der Waals surface area contributed by atoms with Crippen LogP contribution < -0.4 is 0 Å². The molecule has 6 aromatic carbocycles. The number of hydrogen-bond donors (Lipinski definition) is 0. The molecule has 0 bridgehead atoms. The smallest absolute Gasteiger partial charge is 0.115 e. The number of nitrogens with zero attached hydrogens (tertiary/aromatic N) is 2. The van der Waals surface area contributed by atoms with Crippen molar-refractivity contribution in [1.29, 1.82) is 0 Å². The summed E-state index contributed by atoms with van der Waals surface area (Å²) in [7, 11) is 0. The predicted molar refractivity (Wildman–Crippen MR) is 169 cm³/mol. The van der Waals surface area contributed by atoms with E-state index >= 15 is 0 Å². The number of aromatic nitrogens is 2. The first-order chi connectivity index (χ1) is 19.9. The standard InChI is InChI=1S/C38H26N2/c1-2-10-25(11-3-1)26-18-19-34-36(20-26)38(33-17-9-8-16-32(33)37(34)28-22-39-24-40-23-28)35-21-27-12-4-5-13-29(27)30-14-6-7-15-31(30)35/h2,4-24H,1,3H2. The zero-order valence-corrected chi connectivity index (χ0v) is 22.0. The van der Waals surface area contributed by atoms with Gasteiger partial charge >= 0.3 is 0 Å². The van der Waals surface area contributed by atoms with Crippen molar-refractivity contribution in [2.24, 2.45) is 0 Å². The van der Waals surface area contributed by atoms with Crippen molar-refractivity contribution < 1.29 is 0 Å². The second kappa shape index (κ2) is 9.29. The first kappa shape index (κ1) is 22.9. The van der Waals surface area contributed by atoms with Gasteiger partial charge in [-0.2, -0.15) is 0 Å². The molecule has 0 radical (unpaired) electrons. The molecule has 1 heterocycles. The molecule has 0 saturated heterocycles. The van der Waals surface area contributed by atoms with E-state index in [2.05, 4.69) is 125 Å². The van der Waals surface area contributed by atoms with Gasteiger partial charge in [0.2, 0.25) is 0 Å². The SMILES string of the molecule is C1=CC(c2ccc3c(-c4cncnc4)c4ccccc4c(-c4cc5ccccc5c5ccccc45)c3c2)=CCC1. The zero-order valence-electron chi connectivity index (χ0n) is 22.0. The van der Waals surface area contributed by atoms with E-state index < -0.39 is 0 Å². The molecule has 188 valence electrons. The topological polar surface area (TPSA) is 25.8 Å². The third-order valence-electron chi connectivity index (χ3n) is 8.24. The van der Waals surface area contributed by atoms with Crippen molar-refractivity contribution in [3.8, 4) is 22.3 Å². The summed E-state index contributed by atoms with van der Waals surface area (Å²) in [5.41, 5.74) is 7.29. The second-order valence-electron chi connectivity index (χ2n) is 10.5. The van der Waals surface area contributed by atoms with Crippen LogP contribution in [0.15, 0.2) is 134 Å². The molecule has 8 rings (SSSR count). The Morgan fingerprint density at radius 1 is 0.500 bits per heavy atom. The normalized spacial score (nSPS) is 13.3. The summed E-state index contributed by atoms with van der Waals surface area (Å²) in [6.07, 6.45) is 14.6. The van der Waals surface area contributed by atoms with Crippen LogP contribution in [0.2, 0.25) is 0 Å². The lowest BCUT2D eigenvalue weighted by atomic mass is 9.83. The lowest BCUT2D eigenvalue weighted by molar-refractivity contribution is 1.04. The molecule has 0 aliphatic heterocycles. The van der Waals surface area contributed by atoms with E-state index in [1.807, 2.05) is 12.4 Å². The van der Waals surface area contributed by atoms with E-state index in [4.69, 9.17) is 0 Å². The minimum Gasteiger partial charge on any atom is -0.244 e. The lowest BCUT2D eigenvalue weighted by Gasteiger charge is -2.20. The highest BCUT2D eigenvalue weighted by atomic mass is 14.8. The molecular weight excluding hydrogens is 484 g/mol. The highest BCUT2D eigenvalue weighted by Gasteiger charge is 2.20. The molecule has 0 N–H and O–H groups in total. The molecule has 0 saturated carbocycles. The van der Waals surface area contributed by atoms with Crippen LogP contribution in [-0.4, -0.2) is 9.97 Å². The molecule has 40 heavy (non-hydrogen) atoms. The molecule has 0 spiro atoms. The third kappa shape index (κ3) is 3.57. The van der Waals surface area contributed by atoms with Gasteiger partial charge in [-0.15, -0.1) is 0 Å². The first-order valence-corrected chi connectivity index (χ1v) is 13.9. The van der Waals surface area contributed by atoms with Crippen molar-refractivity contribution in [3.63, 3.8) is 0 Å². The van der Waals surface area contributed by atoms with E-state index in [-0.39, 0.29) is 0 Å². The van der Waals surface area contributed by atoms with Crippen LogP contribution >= 0.6 is 0 Å². The maximum absolute atomic E-state index is 4.39. The van der Waals surface area contributed by atoms with Crippen molar-refractivity contribution in [2.75, 3.05) is 0 Å². The summed E-state index contributed by atoms with van der Waals surface area (Å²) in [5.74, 6) is 0. The van der Waals surface area contributed by atoms with Crippen molar-refractivity contribution in [3.05, 3.63) is 140 Å². The number of allylic oxidation sites excluding steroid dienone is 4. The van der Waals surface area contributed by atoms with Crippen molar-refractivity contribution in [2.45, 2.75) is 12.8 Å². The van der Waals surface area contributed by atoms with Gasteiger partial charge in [0.1, 0.15) is 6.33 Å². The fourth-order valence-corrected chi connectivity index (χ4v) is 6.48. The highest BCUT2D eigenvalue weighted by Crippen LogP contribution is 2.47. The minimum absolute atomic E-state index is 1.03. The summed E-state index contributed by atoms with van der Waals surface area (Å²) in [6, 6.07) is 35.7. The van der Waals surface area contributed by atoms with Crippen molar-refractivity contribution >= 4 is 48.7 Å². The monoisotopic (exact) mass is 510 g/mol. The van der Waals surface area contributed by atoms with Gasteiger partial charge in [-0.05, 0) is 90.3 Å². The molecule has 1 aliphatic carbocycles. The minimum atomic E-state index is 1.03. The molecular formula is C38H26N2. The average Bonchev–Trinajstić information content (AvgIpc) is 3.04. The van der Waals surface area contributed by atoms with Crippen LogP contribution in [0.1, 0.15) is 18.4 Å². The Hall–Kier alpha value is -5.08. The van der Waals surface area contributed by atoms with Gasteiger partial charge in [0.05, 0.1) is 0 Å². The van der Waals surface area contributed by atoms with Crippen LogP contribution in [0, 0.1) is 0 Å². The maximum atomic E-state index is 4.39. The van der Waals surface area contributed by atoms with Gasteiger partial charge in [0.25, 0.3) is 0 Å². The Morgan fingerprint density at radius 2 is 1.18 bits per heavy atom. The molecule has 0 unspecified atom stereocenters. The molecule has 1 aromatic heterocycles. The van der Waals surface area contributed by atoms with Gasteiger partial charge in [-0.25, -0.2) is 9.97 Å². The molecule has 2 heteroatoms. The maximum Gasteiger partial charge on any atom is 0.115 e. The Morgan fingerprint density at radius 3 is 1.95 bits per heavy atom. The summed E-state index contributed by atoms with van der Waals surface area (Å²) >= 11 is 0. The van der Waals surface area contributed by atoms with Gasteiger partial charge in [0.15, 0.2) is 0 Å². The van der Waals surface area contributed by atoms with E-state index in [1.54, 1.807) is 6.33 Å². The molecule has 7 aromatic rings. The molecule has 0 atom stereocenters. The molecule has 0 fully saturated rings. The second-order valence-corrected chi connectivity index (χ2v) is 10.5. The molecule has 0 amide bonds. The fraction of sp³-hybridized carbons (Fsp3) is 0.0526. The van der Waals surface area contributed by atoms with Crippen LogP contribution in [0.3, 0.4) is 0 Å². The first-order valence-electron chi connectivity index (χ1n) is 13.9. The van der Waals surface area contributed by atoms with Gasteiger partial charge < -0.3 is 0 Å². The summed E-state index contributed by atoms with van der Waals surface area (Å²) in [6.45, 7) is 0. The highest BCUT2D eigenvalue weighted by molar-refractivity contribution is 6.26. The largest absolute Gasteiger partial charge is 0.244 e. The number of hydrogen-bond acceptors (Lipinski definition) is 2. The van der Waals surface area contributed by atoms with E-state index in [0.29, 0.717) is 0 Å². The Balaban J connectivity index is 1.58. The van der Waals surface area contributed by atoms with Crippen molar-refractivity contribution in [1.82, 2.24) is 9.97 Å². The van der Waals surface area contributed by atoms with Crippen LogP contribution in [0.5, 0.6) is 0 Å². The summed E-state index contributed by atoms with van der Waals surface area (Å²) < 4.78 is 0. The summed E-state index contributed by atoms with van der Waals surface area (Å²) in [4.78, 5) is 8.78. The lowest BCUT2D eigenvalue weighted by Crippen LogP contribution is -1.94. The Bertz CT molecular complexity index is 2150. The van der Waals surface area contributed by atoms with E-state index in [9.17, 15) is 0 Å². The van der Waals surface area contributed by atoms with Crippen LogP contribution in [0.4, 0.5) is 0 Å². The van der Waals surface area contributed by atoms with Gasteiger partial charge in [-0.3, -0.25) is 0 Å². The quantitative estimate of drug-likeness (QED) is 0.175. The predicted octanol–water partition coefficient (Wildman–Crippen LogP) is 10.2. The molecule has 2 nitrogen and oxygen atoms in total.